The van der Waals surface area contributed by atoms with Gasteiger partial charge in [-0.15, -0.1) is 0 Å². The first-order valence-electron chi connectivity index (χ1n) is 4.93. The van der Waals surface area contributed by atoms with E-state index in [0.717, 1.165) is 10.0 Å². The molecule has 1 aromatic carbocycles. The van der Waals surface area contributed by atoms with Crippen LogP contribution in [-0.2, 0) is 4.74 Å². The Morgan fingerprint density at radius 3 is 2.94 bits per heavy atom. The highest BCUT2D eigenvalue weighted by atomic mass is 79.9. The number of ether oxygens (including phenoxy) is 1. The Balaban J connectivity index is 2.30. The van der Waals surface area contributed by atoms with E-state index in [-0.39, 0.29) is 12.6 Å². The summed E-state index contributed by atoms with van der Waals surface area (Å²) in [6, 6.07) is 7.23. The molecule has 0 aliphatic carbocycles. The number of carbonyl (C=O) groups is 1. The summed E-state index contributed by atoms with van der Waals surface area (Å²) in [6.07, 6.45) is -0.802. The van der Waals surface area contributed by atoms with Gasteiger partial charge < -0.3 is 14.7 Å². The minimum Gasteiger partial charge on any atom is -0.439 e. The number of halogens is 1. The van der Waals surface area contributed by atoms with E-state index < -0.39 is 12.2 Å². The highest BCUT2D eigenvalue weighted by Gasteiger charge is 2.39. The van der Waals surface area contributed by atoms with Crippen LogP contribution >= 0.6 is 15.9 Å². The zero-order chi connectivity index (χ0) is 11.7. The summed E-state index contributed by atoms with van der Waals surface area (Å²) in [5.41, 5.74) is 0.881. The van der Waals surface area contributed by atoms with E-state index in [1.807, 2.05) is 24.3 Å². The minimum absolute atomic E-state index is 0.112. The van der Waals surface area contributed by atoms with Crippen LogP contribution in [0.2, 0.25) is 0 Å². The largest absolute Gasteiger partial charge is 0.439 e. The number of nitrogens with zero attached hydrogens (tertiary/aromatic N) is 1. The Labute approximate surface area is 102 Å². The maximum absolute atomic E-state index is 11.4. The maximum Gasteiger partial charge on any atom is 0.410 e. The fourth-order valence-electron chi connectivity index (χ4n) is 1.80. The van der Waals surface area contributed by atoms with Crippen molar-refractivity contribution in [3.8, 4) is 0 Å². The van der Waals surface area contributed by atoms with Crippen LogP contribution in [0.3, 0.4) is 0 Å². The normalized spacial score (nSPS) is 24.7. The molecule has 0 saturated carbocycles. The number of benzene rings is 1. The van der Waals surface area contributed by atoms with Gasteiger partial charge in [0.1, 0.15) is 0 Å². The van der Waals surface area contributed by atoms with Crippen LogP contribution in [0.1, 0.15) is 11.7 Å². The van der Waals surface area contributed by atoms with Crippen molar-refractivity contribution in [3.63, 3.8) is 0 Å². The van der Waals surface area contributed by atoms with Gasteiger partial charge in [-0.05, 0) is 17.7 Å². The van der Waals surface area contributed by atoms with Crippen LogP contribution in [0.15, 0.2) is 28.7 Å². The zero-order valence-electron chi connectivity index (χ0n) is 8.76. The smallest absolute Gasteiger partial charge is 0.410 e. The molecule has 1 aliphatic rings. The summed E-state index contributed by atoms with van der Waals surface area (Å²) in [7, 11) is 1.63. The van der Waals surface area contributed by atoms with Crippen molar-refractivity contribution in [2.24, 2.45) is 0 Å². The van der Waals surface area contributed by atoms with Crippen LogP contribution in [0.4, 0.5) is 4.79 Å². The molecule has 2 unspecified atom stereocenters. The van der Waals surface area contributed by atoms with E-state index in [0.29, 0.717) is 0 Å². The molecule has 2 rings (SSSR count). The van der Waals surface area contributed by atoms with Crippen LogP contribution < -0.4 is 0 Å². The van der Waals surface area contributed by atoms with Gasteiger partial charge in [-0.25, -0.2) is 4.79 Å². The molecule has 4 nitrogen and oxygen atoms in total. The van der Waals surface area contributed by atoms with Crippen molar-refractivity contribution in [1.29, 1.82) is 0 Å². The molecule has 0 radical (unpaired) electrons. The average Bonchev–Trinajstić information content (AvgIpc) is 2.55. The number of carbonyl (C=O) groups excluding carboxylic acids is 1. The molecule has 86 valence electrons. The monoisotopic (exact) mass is 285 g/mol. The summed E-state index contributed by atoms with van der Waals surface area (Å²) in [5.74, 6) is 0. The fraction of sp³-hybridized carbons (Fsp3) is 0.364. The van der Waals surface area contributed by atoms with Gasteiger partial charge in [0.2, 0.25) is 0 Å². The number of aliphatic hydroxyl groups is 1. The topological polar surface area (TPSA) is 49.8 Å². The van der Waals surface area contributed by atoms with Crippen LogP contribution in [-0.4, -0.2) is 35.8 Å². The zero-order valence-corrected chi connectivity index (χ0v) is 10.3. The molecule has 0 spiro atoms. The maximum atomic E-state index is 11.4. The summed E-state index contributed by atoms with van der Waals surface area (Å²) in [4.78, 5) is 12.8. The van der Waals surface area contributed by atoms with Crippen molar-refractivity contribution >= 4 is 22.0 Å². The van der Waals surface area contributed by atoms with E-state index in [1.54, 1.807) is 7.05 Å². The second-order valence-corrected chi connectivity index (χ2v) is 4.64. The lowest BCUT2D eigenvalue weighted by Gasteiger charge is -2.19. The number of likely N-dealkylation sites (N-methyl/N-ethyl adjacent to an activating group) is 1. The Kier molecular flexibility index (Phi) is 3.16. The lowest BCUT2D eigenvalue weighted by Crippen LogP contribution is -2.33. The number of hydrogen-bond acceptors (Lipinski definition) is 3. The quantitative estimate of drug-likeness (QED) is 0.903. The molecule has 0 aromatic heterocycles. The fourth-order valence-corrected chi connectivity index (χ4v) is 2.22. The number of rotatable bonds is 2. The van der Waals surface area contributed by atoms with E-state index in [4.69, 9.17) is 4.74 Å². The first-order valence-corrected chi connectivity index (χ1v) is 5.72. The van der Waals surface area contributed by atoms with Crippen molar-refractivity contribution in [2.45, 2.75) is 12.1 Å². The van der Waals surface area contributed by atoms with Crippen LogP contribution in [0.5, 0.6) is 0 Å². The predicted octanol–water partition coefficient (Wildman–Crippen LogP) is 1.93. The van der Waals surface area contributed by atoms with E-state index in [2.05, 4.69) is 15.9 Å². The lowest BCUT2D eigenvalue weighted by molar-refractivity contribution is 0.118. The standard InChI is InChI=1S/C11H12BrNO3/c1-13-9(6-14)10(16-11(13)15)7-3-2-4-8(12)5-7/h2-5,9-10,14H,6H2,1H3. The molecule has 5 heteroatoms. The molecule has 1 heterocycles. The molecule has 0 bridgehead atoms. The summed E-state index contributed by atoms with van der Waals surface area (Å²) >= 11 is 3.36. The molecule has 1 fully saturated rings. The Morgan fingerprint density at radius 1 is 1.56 bits per heavy atom. The Hall–Kier alpha value is -1.07. The lowest BCUT2D eigenvalue weighted by atomic mass is 10.0. The summed E-state index contributed by atoms with van der Waals surface area (Å²) in [6.45, 7) is -0.112. The van der Waals surface area contributed by atoms with Gasteiger partial charge in [0.15, 0.2) is 6.10 Å². The Morgan fingerprint density at radius 2 is 2.31 bits per heavy atom. The predicted molar refractivity (Wildman–Crippen MR) is 62.0 cm³/mol. The highest BCUT2D eigenvalue weighted by Crippen LogP contribution is 2.32. The molecule has 1 aromatic rings. The van der Waals surface area contributed by atoms with Gasteiger partial charge in [-0.1, -0.05) is 28.1 Å². The van der Waals surface area contributed by atoms with Gasteiger partial charge in [0, 0.05) is 11.5 Å². The SMILES string of the molecule is CN1C(=O)OC(c2cccc(Br)c2)C1CO. The van der Waals surface area contributed by atoms with E-state index in [9.17, 15) is 9.90 Å². The minimum atomic E-state index is -0.403. The second-order valence-electron chi connectivity index (χ2n) is 3.72. The van der Waals surface area contributed by atoms with Crippen molar-refractivity contribution in [3.05, 3.63) is 34.3 Å². The summed E-state index contributed by atoms with van der Waals surface area (Å²) < 4.78 is 6.15. The molecular formula is C11H12BrNO3. The number of aliphatic hydroxyl groups excluding tert-OH is 1. The van der Waals surface area contributed by atoms with Crippen molar-refractivity contribution < 1.29 is 14.6 Å². The third-order valence-electron chi connectivity index (χ3n) is 2.73. The molecule has 1 aliphatic heterocycles. The van der Waals surface area contributed by atoms with Gasteiger partial charge in [-0.2, -0.15) is 0 Å². The van der Waals surface area contributed by atoms with E-state index in [1.165, 1.54) is 4.90 Å². The number of amides is 1. The second kappa shape index (κ2) is 4.43. The third-order valence-corrected chi connectivity index (χ3v) is 3.22. The number of hydrogen-bond donors (Lipinski definition) is 1. The number of cyclic esters (lactones) is 1. The molecule has 1 N–H and O–H groups in total. The van der Waals surface area contributed by atoms with Crippen LogP contribution in [0.25, 0.3) is 0 Å². The van der Waals surface area contributed by atoms with Gasteiger partial charge >= 0.3 is 6.09 Å². The molecule has 1 amide bonds. The molecule has 2 atom stereocenters. The third kappa shape index (κ3) is 1.92. The highest BCUT2D eigenvalue weighted by molar-refractivity contribution is 9.10. The van der Waals surface area contributed by atoms with E-state index >= 15 is 0 Å². The molecule has 16 heavy (non-hydrogen) atoms. The van der Waals surface area contributed by atoms with Gasteiger partial charge in [0.05, 0.1) is 12.6 Å². The van der Waals surface area contributed by atoms with Gasteiger partial charge in [0.25, 0.3) is 0 Å². The first kappa shape index (κ1) is 11.4. The molecule has 1 saturated heterocycles. The average molecular weight is 286 g/mol. The first-order chi connectivity index (χ1) is 7.63. The van der Waals surface area contributed by atoms with Gasteiger partial charge in [-0.3, -0.25) is 0 Å². The molecular weight excluding hydrogens is 274 g/mol. The Bertz CT molecular complexity index is 410. The van der Waals surface area contributed by atoms with Crippen molar-refractivity contribution in [2.75, 3.05) is 13.7 Å². The van der Waals surface area contributed by atoms with Crippen molar-refractivity contribution in [1.82, 2.24) is 4.90 Å². The summed E-state index contributed by atoms with van der Waals surface area (Å²) in [5, 5.41) is 9.27. The van der Waals surface area contributed by atoms with Crippen LogP contribution in [0, 0.1) is 0 Å².